The topological polar surface area (TPSA) is 54.1 Å². The van der Waals surface area contributed by atoms with Crippen LogP contribution < -0.4 is 15.6 Å². The third kappa shape index (κ3) is 2.60. The number of ether oxygens (including phenoxy) is 1. The van der Waals surface area contributed by atoms with Gasteiger partial charge in [0.2, 0.25) is 0 Å². The molecule has 0 atom stereocenters. The first-order chi connectivity index (χ1) is 12.6. The second-order valence-electron chi connectivity index (χ2n) is 6.37. The largest absolute Gasteiger partial charge is 0.496 e. The van der Waals surface area contributed by atoms with E-state index in [-0.39, 0.29) is 5.56 Å². The van der Waals surface area contributed by atoms with Gasteiger partial charge in [-0.1, -0.05) is 24.3 Å². The Labute approximate surface area is 155 Å². The van der Waals surface area contributed by atoms with Crippen molar-refractivity contribution in [2.24, 2.45) is 0 Å². The number of aromatic amines is 1. The number of hydrogen-bond acceptors (Lipinski definition) is 4. The van der Waals surface area contributed by atoms with Crippen LogP contribution >= 0.6 is 11.3 Å². The number of benzene rings is 2. The molecule has 0 saturated heterocycles. The molecule has 0 saturated carbocycles. The van der Waals surface area contributed by atoms with E-state index < -0.39 is 0 Å². The predicted octanol–water partition coefficient (Wildman–Crippen LogP) is 4.45. The Bertz CT molecular complexity index is 1160. The summed E-state index contributed by atoms with van der Waals surface area (Å²) in [6.45, 7) is 2.83. The molecule has 0 fully saturated rings. The van der Waals surface area contributed by atoms with Gasteiger partial charge in [-0.15, -0.1) is 11.3 Å². The average molecular weight is 364 g/mol. The lowest BCUT2D eigenvalue weighted by atomic mass is 9.94. The van der Waals surface area contributed by atoms with Crippen molar-refractivity contribution in [1.82, 2.24) is 10.3 Å². The molecule has 4 rings (SSSR count). The maximum Gasteiger partial charge on any atom is 0.266 e. The van der Waals surface area contributed by atoms with Crippen LogP contribution in [0.4, 0.5) is 0 Å². The first-order valence-electron chi connectivity index (χ1n) is 8.48. The maximum atomic E-state index is 12.4. The molecule has 0 aliphatic rings. The zero-order valence-corrected chi connectivity index (χ0v) is 15.8. The first-order valence-corrected chi connectivity index (χ1v) is 9.36. The average Bonchev–Trinajstić information content (AvgIpc) is 3.14. The number of hydrogen-bond donors (Lipinski definition) is 2. The fourth-order valence-electron chi connectivity index (χ4n) is 3.51. The Morgan fingerprint density at radius 1 is 1.19 bits per heavy atom. The van der Waals surface area contributed by atoms with Crippen molar-refractivity contribution in [3.63, 3.8) is 0 Å². The SMILES string of the molecule is CNCc1ccc(-c2c(OC)cc(C)c3[nH]c(=O)c4sccc4c23)cc1. The van der Waals surface area contributed by atoms with Gasteiger partial charge in [0.1, 0.15) is 10.4 Å². The molecule has 4 aromatic rings. The van der Waals surface area contributed by atoms with Crippen molar-refractivity contribution in [1.29, 1.82) is 0 Å². The van der Waals surface area contributed by atoms with Gasteiger partial charge >= 0.3 is 0 Å². The number of H-pyrrole nitrogens is 1. The van der Waals surface area contributed by atoms with Crippen LogP contribution in [-0.2, 0) is 6.54 Å². The van der Waals surface area contributed by atoms with E-state index in [9.17, 15) is 4.79 Å². The van der Waals surface area contributed by atoms with E-state index >= 15 is 0 Å². The van der Waals surface area contributed by atoms with Gasteiger partial charge in [0, 0.05) is 22.9 Å². The van der Waals surface area contributed by atoms with Crippen LogP contribution in [0, 0.1) is 6.92 Å². The maximum absolute atomic E-state index is 12.4. The Balaban J connectivity index is 2.11. The number of thiophene rings is 1. The van der Waals surface area contributed by atoms with Crippen LogP contribution in [0.15, 0.2) is 46.6 Å². The number of fused-ring (bicyclic) bond motifs is 3. The molecular formula is C21H20N2O2S. The third-order valence-electron chi connectivity index (χ3n) is 4.71. The summed E-state index contributed by atoms with van der Waals surface area (Å²) in [4.78, 5) is 15.5. The molecule has 4 nitrogen and oxygen atoms in total. The standard InChI is InChI=1S/C21H20N2O2S/c1-12-10-16(25-3)17(14-6-4-13(5-7-14)11-22-2)18-15-8-9-26-20(15)21(24)23-19(12)18/h4-10,22H,11H2,1-3H3,(H,23,24). The van der Waals surface area contributed by atoms with Gasteiger partial charge < -0.3 is 15.0 Å². The predicted molar refractivity (Wildman–Crippen MR) is 109 cm³/mol. The van der Waals surface area contributed by atoms with Crippen LogP contribution in [0.5, 0.6) is 5.75 Å². The van der Waals surface area contributed by atoms with Crippen molar-refractivity contribution in [2.75, 3.05) is 14.2 Å². The van der Waals surface area contributed by atoms with Crippen molar-refractivity contribution in [3.05, 3.63) is 63.3 Å². The minimum absolute atomic E-state index is 0.0360. The summed E-state index contributed by atoms with van der Waals surface area (Å²) < 4.78 is 6.47. The smallest absolute Gasteiger partial charge is 0.266 e. The zero-order chi connectivity index (χ0) is 18.3. The molecule has 0 amide bonds. The molecule has 132 valence electrons. The van der Waals surface area contributed by atoms with Gasteiger partial charge in [0.15, 0.2) is 0 Å². The van der Waals surface area contributed by atoms with Crippen molar-refractivity contribution in [3.8, 4) is 16.9 Å². The summed E-state index contributed by atoms with van der Waals surface area (Å²) in [7, 11) is 3.63. The highest BCUT2D eigenvalue weighted by Gasteiger charge is 2.18. The minimum Gasteiger partial charge on any atom is -0.496 e. The lowest BCUT2D eigenvalue weighted by Crippen LogP contribution is -2.06. The van der Waals surface area contributed by atoms with Gasteiger partial charge in [0.25, 0.3) is 5.56 Å². The quantitative estimate of drug-likeness (QED) is 0.563. The van der Waals surface area contributed by atoms with Crippen molar-refractivity contribution in [2.45, 2.75) is 13.5 Å². The number of aryl methyl sites for hydroxylation is 1. The Morgan fingerprint density at radius 2 is 1.96 bits per heavy atom. The first kappa shape index (κ1) is 16.8. The molecule has 0 aliphatic heterocycles. The molecule has 0 spiro atoms. The fourth-order valence-corrected chi connectivity index (χ4v) is 4.31. The summed E-state index contributed by atoms with van der Waals surface area (Å²) in [6.07, 6.45) is 0. The molecule has 2 aromatic heterocycles. The van der Waals surface area contributed by atoms with Crippen LogP contribution in [0.2, 0.25) is 0 Å². The van der Waals surface area contributed by atoms with E-state index in [1.54, 1.807) is 7.11 Å². The van der Waals surface area contributed by atoms with Crippen LogP contribution in [0.1, 0.15) is 11.1 Å². The molecule has 2 N–H and O–H groups in total. The molecule has 5 heteroatoms. The minimum atomic E-state index is -0.0360. The molecule has 0 bridgehead atoms. The second-order valence-corrected chi connectivity index (χ2v) is 7.28. The normalized spacial score (nSPS) is 11.3. The summed E-state index contributed by atoms with van der Waals surface area (Å²) in [6, 6.07) is 12.5. The number of rotatable bonds is 4. The molecular weight excluding hydrogens is 344 g/mol. The van der Waals surface area contributed by atoms with E-state index in [4.69, 9.17) is 4.74 Å². The van der Waals surface area contributed by atoms with Crippen LogP contribution in [0.25, 0.3) is 32.1 Å². The van der Waals surface area contributed by atoms with Crippen LogP contribution in [-0.4, -0.2) is 19.1 Å². The zero-order valence-electron chi connectivity index (χ0n) is 15.0. The number of pyridine rings is 1. The van der Waals surface area contributed by atoms with Crippen LogP contribution in [0.3, 0.4) is 0 Å². The van der Waals surface area contributed by atoms with Gasteiger partial charge in [0.05, 0.1) is 12.6 Å². The van der Waals surface area contributed by atoms with E-state index in [1.165, 1.54) is 16.9 Å². The number of methoxy groups -OCH3 is 1. The van der Waals surface area contributed by atoms with Gasteiger partial charge in [-0.25, -0.2) is 0 Å². The lowest BCUT2D eigenvalue weighted by molar-refractivity contribution is 0.416. The summed E-state index contributed by atoms with van der Waals surface area (Å²) in [5.74, 6) is 0.816. The lowest BCUT2D eigenvalue weighted by Gasteiger charge is -2.16. The fraction of sp³-hybridized carbons (Fsp3) is 0.190. The van der Waals surface area contributed by atoms with Gasteiger partial charge in [-0.05, 0) is 48.2 Å². The number of nitrogens with one attached hydrogen (secondary N) is 2. The second kappa shape index (κ2) is 6.59. The van der Waals surface area contributed by atoms with E-state index in [0.717, 1.165) is 50.0 Å². The third-order valence-corrected chi connectivity index (χ3v) is 5.62. The molecule has 0 aliphatic carbocycles. The summed E-state index contributed by atoms with van der Waals surface area (Å²) >= 11 is 1.47. The van der Waals surface area contributed by atoms with Gasteiger partial charge in [-0.3, -0.25) is 4.79 Å². The number of aromatic nitrogens is 1. The van der Waals surface area contributed by atoms with Crippen molar-refractivity contribution >= 4 is 32.3 Å². The Hall–Kier alpha value is -2.63. The molecule has 2 heterocycles. The molecule has 26 heavy (non-hydrogen) atoms. The molecule has 0 unspecified atom stereocenters. The van der Waals surface area contributed by atoms with E-state index in [2.05, 4.69) is 34.6 Å². The monoisotopic (exact) mass is 364 g/mol. The van der Waals surface area contributed by atoms with E-state index in [0.29, 0.717) is 0 Å². The summed E-state index contributed by atoms with van der Waals surface area (Å²) in [5.41, 5.74) is 5.15. The summed E-state index contributed by atoms with van der Waals surface area (Å²) in [5, 5.41) is 7.15. The van der Waals surface area contributed by atoms with Gasteiger partial charge in [-0.2, -0.15) is 0 Å². The molecule has 0 radical (unpaired) electrons. The Kier molecular flexibility index (Phi) is 4.26. The van der Waals surface area contributed by atoms with E-state index in [1.807, 2.05) is 31.5 Å². The van der Waals surface area contributed by atoms with Crippen molar-refractivity contribution < 1.29 is 4.74 Å². The highest BCUT2D eigenvalue weighted by atomic mass is 32.1. The highest BCUT2D eigenvalue weighted by Crippen LogP contribution is 2.41. The molecule has 2 aromatic carbocycles. The highest BCUT2D eigenvalue weighted by molar-refractivity contribution is 7.17. The Morgan fingerprint density at radius 3 is 2.65 bits per heavy atom.